The summed E-state index contributed by atoms with van der Waals surface area (Å²) in [5, 5.41) is 4.33. The lowest BCUT2D eigenvalue weighted by molar-refractivity contribution is 0.520. The minimum Gasteiger partial charge on any atom is -0.222 e. The normalized spacial score (nSPS) is 21.4. The molecule has 0 saturated carbocycles. The highest BCUT2D eigenvalue weighted by atomic mass is 32.1. The monoisotopic (exact) mass is 207 g/mol. The van der Waals surface area contributed by atoms with E-state index in [1.54, 1.807) is 11.3 Å². The van der Waals surface area contributed by atoms with Crippen molar-refractivity contribution in [2.75, 3.05) is 0 Å². The van der Waals surface area contributed by atoms with Crippen LogP contribution >= 0.6 is 11.3 Å². The van der Waals surface area contributed by atoms with Crippen LogP contribution in [0.25, 0.3) is 4.96 Å². The third kappa shape index (κ3) is 1.03. The average molecular weight is 207 g/mol. The fourth-order valence-electron chi connectivity index (χ4n) is 2.36. The van der Waals surface area contributed by atoms with E-state index in [0.29, 0.717) is 5.92 Å². The first-order chi connectivity index (χ1) is 6.90. The first-order valence-corrected chi connectivity index (χ1v) is 6.09. The maximum absolute atomic E-state index is 4.68. The largest absolute Gasteiger partial charge is 0.222 e. The summed E-state index contributed by atoms with van der Waals surface area (Å²) < 4.78 is 2.03. The van der Waals surface area contributed by atoms with E-state index in [1.807, 2.05) is 10.0 Å². The molecule has 2 aromatic heterocycles. The zero-order valence-corrected chi connectivity index (χ0v) is 9.05. The Morgan fingerprint density at radius 3 is 3.43 bits per heavy atom. The van der Waals surface area contributed by atoms with Crippen LogP contribution in [-0.2, 0) is 6.42 Å². The Balaban J connectivity index is 2.22. The Kier molecular flexibility index (Phi) is 1.83. The third-order valence-electron chi connectivity index (χ3n) is 3.12. The van der Waals surface area contributed by atoms with E-state index in [-0.39, 0.29) is 0 Å². The predicted octanol–water partition coefficient (Wildman–Crippen LogP) is 2.62. The number of hydrogen-bond donors (Lipinski definition) is 0. The topological polar surface area (TPSA) is 30.2 Å². The molecule has 0 spiro atoms. The molecule has 0 radical (unpaired) electrons. The molecule has 1 unspecified atom stereocenters. The molecule has 74 valence electrons. The first kappa shape index (κ1) is 8.41. The van der Waals surface area contributed by atoms with Crippen molar-refractivity contribution < 1.29 is 0 Å². The molecule has 0 aromatic carbocycles. The van der Waals surface area contributed by atoms with Crippen molar-refractivity contribution in [3.63, 3.8) is 0 Å². The van der Waals surface area contributed by atoms with E-state index in [9.17, 15) is 0 Å². The Hall–Kier alpha value is -0.900. The number of imidazole rings is 1. The van der Waals surface area contributed by atoms with Crippen molar-refractivity contribution in [3.8, 4) is 0 Å². The highest BCUT2D eigenvalue weighted by molar-refractivity contribution is 7.14. The number of rotatable bonds is 1. The molecule has 2 aromatic rings. The van der Waals surface area contributed by atoms with Crippen molar-refractivity contribution in [2.24, 2.45) is 0 Å². The molecule has 2 heterocycles. The zero-order valence-electron chi connectivity index (χ0n) is 8.23. The molecule has 4 heteroatoms. The fraction of sp³-hybridized carbons (Fsp3) is 0.600. The van der Waals surface area contributed by atoms with Gasteiger partial charge in [0.25, 0.3) is 0 Å². The van der Waals surface area contributed by atoms with Crippen LogP contribution in [0, 0.1) is 0 Å². The van der Waals surface area contributed by atoms with Crippen molar-refractivity contribution >= 4 is 16.3 Å². The molecule has 0 fully saturated rings. The summed E-state index contributed by atoms with van der Waals surface area (Å²) in [7, 11) is 0. The Morgan fingerprint density at radius 1 is 1.64 bits per heavy atom. The van der Waals surface area contributed by atoms with Crippen LogP contribution in [0.5, 0.6) is 0 Å². The summed E-state index contributed by atoms with van der Waals surface area (Å²) in [4.78, 5) is 5.75. The maximum Gasteiger partial charge on any atom is 0.212 e. The van der Waals surface area contributed by atoms with Gasteiger partial charge in [0.2, 0.25) is 4.96 Å². The molecule has 0 saturated heterocycles. The lowest BCUT2D eigenvalue weighted by Crippen LogP contribution is -2.10. The van der Waals surface area contributed by atoms with Gasteiger partial charge in [0.1, 0.15) is 5.51 Å². The lowest BCUT2D eigenvalue weighted by Gasteiger charge is -2.19. The number of fused-ring (bicyclic) bond motifs is 3. The van der Waals surface area contributed by atoms with Crippen LogP contribution in [0.3, 0.4) is 0 Å². The van der Waals surface area contributed by atoms with E-state index in [1.165, 1.54) is 30.7 Å². The Labute approximate surface area is 86.8 Å². The molecule has 14 heavy (non-hydrogen) atoms. The van der Waals surface area contributed by atoms with Gasteiger partial charge in [-0.15, -0.1) is 0 Å². The second-order valence-corrected chi connectivity index (χ2v) is 4.69. The minimum atomic E-state index is 0.674. The molecule has 0 amide bonds. The quantitative estimate of drug-likeness (QED) is 0.719. The van der Waals surface area contributed by atoms with Crippen LogP contribution in [0.15, 0.2) is 5.51 Å². The molecular weight excluding hydrogens is 194 g/mol. The lowest BCUT2D eigenvalue weighted by atomic mass is 9.88. The zero-order chi connectivity index (χ0) is 9.54. The second-order valence-electron chi connectivity index (χ2n) is 3.87. The molecule has 1 atom stereocenters. The molecule has 3 nitrogen and oxygen atoms in total. The van der Waals surface area contributed by atoms with E-state index in [4.69, 9.17) is 0 Å². The van der Waals surface area contributed by atoms with Gasteiger partial charge >= 0.3 is 0 Å². The van der Waals surface area contributed by atoms with E-state index >= 15 is 0 Å². The van der Waals surface area contributed by atoms with Crippen molar-refractivity contribution in [3.05, 3.63) is 16.9 Å². The van der Waals surface area contributed by atoms with Crippen LogP contribution < -0.4 is 0 Å². The number of aryl methyl sites for hydroxylation is 1. The van der Waals surface area contributed by atoms with Gasteiger partial charge in [0.15, 0.2) is 0 Å². The van der Waals surface area contributed by atoms with Gasteiger partial charge in [-0.2, -0.15) is 5.10 Å². The summed E-state index contributed by atoms with van der Waals surface area (Å²) in [6.45, 7) is 2.25. The number of hydrogen-bond acceptors (Lipinski definition) is 3. The van der Waals surface area contributed by atoms with Gasteiger partial charge in [-0.05, 0) is 25.7 Å². The summed E-state index contributed by atoms with van der Waals surface area (Å²) in [5.74, 6) is 0.674. The predicted molar refractivity (Wildman–Crippen MR) is 56.8 cm³/mol. The molecule has 1 aliphatic carbocycles. The van der Waals surface area contributed by atoms with E-state index in [2.05, 4.69) is 17.0 Å². The van der Waals surface area contributed by atoms with Crippen molar-refractivity contribution in [1.29, 1.82) is 0 Å². The molecule has 0 bridgehead atoms. The third-order valence-corrected chi connectivity index (χ3v) is 3.79. The first-order valence-electron chi connectivity index (χ1n) is 5.21. The van der Waals surface area contributed by atoms with Crippen LogP contribution in [-0.4, -0.2) is 14.6 Å². The molecule has 0 aliphatic heterocycles. The summed E-state index contributed by atoms with van der Waals surface area (Å²) in [5.41, 5.74) is 4.55. The Morgan fingerprint density at radius 2 is 2.57 bits per heavy atom. The van der Waals surface area contributed by atoms with Crippen LogP contribution in [0.2, 0.25) is 0 Å². The van der Waals surface area contributed by atoms with Crippen LogP contribution in [0.4, 0.5) is 0 Å². The van der Waals surface area contributed by atoms with Crippen molar-refractivity contribution in [2.45, 2.75) is 38.5 Å². The number of aromatic nitrogens is 3. The molecular formula is C10H13N3S. The average Bonchev–Trinajstić information content (AvgIpc) is 2.76. The van der Waals surface area contributed by atoms with Gasteiger partial charge in [-0.1, -0.05) is 18.3 Å². The maximum atomic E-state index is 4.68. The molecule has 3 rings (SSSR count). The minimum absolute atomic E-state index is 0.674. The molecule has 0 N–H and O–H groups in total. The highest BCUT2D eigenvalue weighted by Crippen LogP contribution is 2.34. The Bertz CT molecular complexity index is 457. The summed E-state index contributed by atoms with van der Waals surface area (Å²) in [6.07, 6.45) is 4.94. The second kappa shape index (κ2) is 3.05. The van der Waals surface area contributed by atoms with E-state index < -0.39 is 0 Å². The highest BCUT2D eigenvalue weighted by Gasteiger charge is 2.24. The van der Waals surface area contributed by atoms with Gasteiger partial charge in [-0.25, -0.2) is 9.50 Å². The standard InChI is InChI=1S/C10H13N3S/c1-2-7-4-3-5-8-9(7)12-10-13(8)11-6-14-10/h6-7H,2-5H2,1H3. The summed E-state index contributed by atoms with van der Waals surface area (Å²) >= 11 is 1.63. The van der Waals surface area contributed by atoms with E-state index in [0.717, 1.165) is 11.4 Å². The van der Waals surface area contributed by atoms with Gasteiger partial charge in [0, 0.05) is 5.92 Å². The number of nitrogens with zero attached hydrogens (tertiary/aromatic N) is 3. The SMILES string of the molecule is CCC1CCCc2c1nc1scnn21. The van der Waals surface area contributed by atoms with Crippen LogP contribution in [0.1, 0.15) is 43.5 Å². The smallest absolute Gasteiger partial charge is 0.212 e. The van der Waals surface area contributed by atoms with Gasteiger partial charge in [0.05, 0.1) is 11.4 Å². The fourth-order valence-corrected chi connectivity index (χ4v) is 3.01. The van der Waals surface area contributed by atoms with Gasteiger partial charge < -0.3 is 0 Å². The van der Waals surface area contributed by atoms with Gasteiger partial charge in [-0.3, -0.25) is 0 Å². The van der Waals surface area contributed by atoms with Crippen molar-refractivity contribution in [1.82, 2.24) is 14.6 Å². The summed E-state index contributed by atoms with van der Waals surface area (Å²) in [6, 6.07) is 0. The molecule has 1 aliphatic rings.